The van der Waals surface area contributed by atoms with Gasteiger partial charge in [-0.1, -0.05) is 17.7 Å². The average Bonchev–Trinajstić information content (AvgIpc) is 2.46. The molecular weight excluding hydrogens is 282 g/mol. The van der Waals surface area contributed by atoms with Gasteiger partial charge in [-0.05, 0) is 18.2 Å². The molecule has 0 radical (unpaired) electrons. The summed E-state index contributed by atoms with van der Waals surface area (Å²) >= 11 is 5.97. The molecule has 2 aromatic rings. The number of nitrogens with two attached hydrogens (primary N) is 1. The van der Waals surface area contributed by atoms with Gasteiger partial charge >= 0.3 is 0 Å². The fraction of sp³-hybridized carbons (Fsp3) is 0.154. The van der Waals surface area contributed by atoms with Crippen molar-refractivity contribution in [2.24, 2.45) is 5.73 Å². The Balaban J connectivity index is 2.16. The molecule has 0 saturated heterocycles. The molecule has 0 spiro atoms. The van der Waals surface area contributed by atoms with Gasteiger partial charge in [0.25, 0.3) is 5.69 Å². The number of nitro groups is 1. The molecule has 1 heterocycles. The first kappa shape index (κ1) is 14.2. The summed E-state index contributed by atoms with van der Waals surface area (Å²) in [5.41, 5.74) is 6.45. The highest BCUT2D eigenvalue weighted by Gasteiger charge is 2.17. The lowest BCUT2D eigenvalue weighted by Gasteiger charge is -2.08. The van der Waals surface area contributed by atoms with Crippen molar-refractivity contribution in [1.82, 2.24) is 4.98 Å². The minimum absolute atomic E-state index is 0.000359. The summed E-state index contributed by atoms with van der Waals surface area (Å²) in [5.74, 6) is 0.497. The molecule has 0 aliphatic heterocycles. The normalized spacial score (nSPS) is 10.3. The monoisotopic (exact) mass is 293 g/mol. The van der Waals surface area contributed by atoms with E-state index in [9.17, 15) is 10.1 Å². The number of benzene rings is 1. The summed E-state index contributed by atoms with van der Waals surface area (Å²) in [7, 11) is 0. The molecule has 0 aliphatic carbocycles. The van der Waals surface area contributed by atoms with Gasteiger partial charge in [0.1, 0.15) is 12.4 Å². The third kappa shape index (κ3) is 3.23. The molecule has 0 amide bonds. The predicted molar refractivity (Wildman–Crippen MR) is 74.6 cm³/mol. The lowest BCUT2D eigenvalue weighted by molar-refractivity contribution is -0.385. The van der Waals surface area contributed by atoms with E-state index in [-0.39, 0.29) is 12.3 Å². The van der Waals surface area contributed by atoms with Gasteiger partial charge in [0.2, 0.25) is 0 Å². The van der Waals surface area contributed by atoms with Crippen LogP contribution in [-0.2, 0) is 13.2 Å². The fourth-order valence-corrected chi connectivity index (χ4v) is 1.86. The maximum atomic E-state index is 10.9. The number of rotatable bonds is 5. The number of aromatic nitrogens is 1. The van der Waals surface area contributed by atoms with E-state index in [1.165, 1.54) is 18.3 Å². The highest BCUT2D eigenvalue weighted by molar-refractivity contribution is 6.31. The van der Waals surface area contributed by atoms with Crippen LogP contribution in [0.15, 0.2) is 36.5 Å². The number of pyridine rings is 1. The predicted octanol–water partition coefficient (Wildman–Crippen LogP) is 2.68. The molecule has 0 fully saturated rings. The Bertz CT molecular complexity index is 617. The average molecular weight is 294 g/mol. The molecular formula is C13H12ClN3O3. The molecule has 0 saturated carbocycles. The molecule has 0 bridgehead atoms. The van der Waals surface area contributed by atoms with Crippen LogP contribution in [0, 0.1) is 10.1 Å². The second-order valence-electron chi connectivity index (χ2n) is 3.97. The van der Waals surface area contributed by atoms with Gasteiger partial charge in [-0.2, -0.15) is 0 Å². The van der Waals surface area contributed by atoms with E-state index in [2.05, 4.69) is 4.98 Å². The Morgan fingerprint density at radius 1 is 1.35 bits per heavy atom. The van der Waals surface area contributed by atoms with Gasteiger partial charge in [0, 0.05) is 12.6 Å². The van der Waals surface area contributed by atoms with Crippen LogP contribution in [0.25, 0.3) is 0 Å². The van der Waals surface area contributed by atoms with Crippen LogP contribution in [-0.4, -0.2) is 9.91 Å². The molecule has 0 atom stereocenters. The van der Waals surface area contributed by atoms with Crippen molar-refractivity contribution in [1.29, 1.82) is 0 Å². The van der Waals surface area contributed by atoms with Crippen molar-refractivity contribution in [2.45, 2.75) is 13.2 Å². The van der Waals surface area contributed by atoms with E-state index in [1.807, 2.05) is 0 Å². The van der Waals surface area contributed by atoms with Crippen molar-refractivity contribution < 1.29 is 9.66 Å². The smallest absolute Gasteiger partial charge is 0.277 e. The standard InChI is InChI=1S/C13H12ClN3O3/c14-12-2-1-3-13(17(18)19)11(12)8-20-10-5-4-9(6-15)16-7-10/h1-5,7H,6,8,15H2. The summed E-state index contributed by atoms with van der Waals surface area (Å²) < 4.78 is 5.47. The summed E-state index contributed by atoms with van der Waals surface area (Å²) in [6, 6.07) is 7.94. The van der Waals surface area contributed by atoms with E-state index in [4.69, 9.17) is 22.1 Å². The quantitative estimate of drug-likeness (QED) is 0.676. The largest absolute Gasteiger partial charge is 0.487 e. The molecule has 0 unspecified atom stereocenters. The minimum atomic E-state index is -0.486. The first-order valence-corrected chi connectivity index (χ1v) is 6.19. The first-order chi connectivity index (χ1) is 9.61. The first-order valence-electron chi connectivity index (χ1n) is 5.81. The van der Waals surface area contributed by atoms with Crippen molar-refractivity contribution in [3.63, 3.8) is 0 Å². The van der Waals surface area contributed by atoms with E-state index in [0.717, 1.165) is 5.69 Å². The molecule has 1 aromatic carbocycles. The van der Waals surface area contributed by atoms with Crippen molar-refractivity contribution in [3.8, 4) is 5.75 Å². The molecule has 6 nitrogen and oxygen atoms in total. The van der Waals surface area contributed by atoms with Crippen LogP contribution in [0.3, 0.4) is 0 Å². The van der Waals surface area contributed by atoms with E-state index in [1.54, 1.807) is 18.2 Å². The summed E-state index contributed by atoms with van der Waals surface area (Å²) in [6.07, 6.45) is 1.52. The van der Waals surface area contributed by atoms with Crippen LogP contribution in [0.1, 0.15) is 11.3 Å². The van der Waals surface area contributed by atoms with E-state index in [0.29, 0.717) is 22.9 Å². The zero-order valence-corrected chi connectivity index (χ0v) is 11.2. The van der Waals surface area contributed by atoms with Crippen LogP contribution in [0.4, 0.5) is 5.69 Å². The van der Waals surface area contributed by atoms with Gasteiger partial charge in [0.05, 0.1) is 27.4 Å². The number of hydrogen-bond donors (Lipinski definition) is 1. The van der Waals surface area contributed by atoms with Crippen molar-refractivity contribution in [2.75, 3.05) is 0 Å². The maximum absolute atomic E-state index is 10.9. The van der Waals surface area contributed by atoms with Gasteiger partial charge in [-0.15, -0.1) is 0 Å². The van der Waals surface area contributed by atoms with Gasteiger partial charge in [0.15, 0.2) is 0 Å². The van der Waals surface area contributed by atoms with Crippen LogP contribution in [0.2, 0.25) is 5.02 Å². The topological polar surface area (TPSA) is 91.3 Å². The fourth-order valence-electron chi connectivity index (χ4n) is 1.63. The number of halogens is 1. The number of nitrogens with zero attached hydrogens (tertiary/aromatic N) is 2. The van der Waals surface area contributed by atoms with E-state index < -0.39 is 4.92 Å². The number of nitro benzene ring substituents is 1. The summed E-state index contributed by atoms with van der Waals surface area (Å²) in [5, 5.41) is 11.2. The summed E-state index contributed by atoms with van der Waals surface area (Å²) in [4.78, 5) is 14.5. The van der Waals surface area contributed by atoms with Crippen molar-refractivity contribution in [3.05, 3.63) is 62.9 Å². The molecule has 2 rings (SSSR count). The van der Waals surface area contributed by atoms with Crippen LogP contribution in [0.5, 0.6) is 5.75 Å². The molecule has 0 aliphatic rings. The lowest BCUT2D eigenvalue weighted by atomic mass is 10.2. The highest BCUT2D eigenvalue weighted by atomic mass is 35.5. The van der Waals surface area contributed by atoms with Crippen LogP contribution < -0.4 is 10.5 Å². The van der Waals surface area contributed by atoms with E-state index >= 15 is 0 Å². The number of hydrogen-bond acceptors (Lipinski definition) is 5. The minimum Gasteiger partial charge on any atom is -0.487 e. The Morgan fingerprint density at radius 2 is 2.15 bits per heavy atom. The zero-order valence-electron chi connectivity index (χ0n) is 10.5. The van der Waals surface area contributed by atoms with Gasteiger partial charge in [-0.25, -0.2) is 0 Å². The molecule has 2 N–H and O–H groups in total. The third-order valence-electron chi connectivity index (χ3n) is 2.68. The Kier molecular flexibility index (Phi) is 4.49. The zero-order chi connectivity index (χ0) is 14.5. The summed E-state index contributed by atoms with van der Waals surface area (Å²) in [6.45, 7) is 0.343. The Hall–Kier alpha value is -2.18. The highest BCUT2D eigenvalue weighted by Crippen LogP contribution is 2.27. The SMILES string of the molecule is NCc1ccc(OCc2c(Cl)cccc2[N+](=O)[O-])cn1. The maximum Gasteiger partial charge on any atom is 0.277 e. The van der Waals surface area contributed by atoms with Gasteiger partial charge < -0.3 is 10.5 Å². The third-order valence-corrected chi connectivity index (χ3v) is 3.03. The second kappa shape index (κ2) is 6.31. The molecule has 7 heteroatoms. The Morgan fingerprint density at radius 3 is 2.75 bits per heavy atom. The van der Waals surface area contributed by atoms with Gasteiger partial charge in [-0.3, -0.25) is 15.1 Å². The number of ether oxygens (including phenoxy) is 1. The Labute approximate surface area is 120 Å². The second-order valence-corrected chi connectivity index (χ2v) is 4.38. The lowest BCUT2D eigenvalue weighted by Crippen LogP contribution is -2.03. The van der Waals surface area contributed by atoms with Crippen molar-refractivity contribution >= 4 is 17.3 Å². The van der Waals surface area contributed by atoms with Crippen LogP contribution >= 0.6 is 11.6 Å². The molecule has 104 valence electrons. The molecule has 20 heavy (non-hydrogen) atoms. The molecule has 1 aromatic heterocycles.